The predicted octanol–water partition coefficient (Wildman–Crippen LogP) is 2.10. The Morgan fingerprint density at radius 2 is 1.94 bits per heavy atom. The van der Waals surface area contributed by atoms with Crippen LogP contribution in [0.4, 0.5) is 8.78 Å². The number of hydrogen-bond donors (Lipinski definition) is 2. The van der Waals surface area contributed by atoms with E-state index in [1.165, 1.54) is 12.1 Å². The number of aliphatic hydroxyl groups excluding tert-OH is 1. The molecule has 1 aliphatic carbocycles. The summed E-state index contributed by atoms with van der Waals surface area (Å²) in [5.41, 5.74) is 5.81. The third-order valence-corrected chi connectivity index (χ3v) is 3.81. The van der Waals surface area contributed by atoms with Gasteiger partial charge >= 0.3 is 0 Å². The van der Waals surface area contributed by atoms with E-state index in [0.29, 0.717) is 37.8 Å². The summed E-state index contributed by atoms with van der Waals surface area (Å²) in [6.07, 6.45) is 2.21. The highest BCUT2D eigenvalue weighted by atomic mass is 19.1. The van der Waals surface area contributed by atoms with Crippen LogP contribution in [0.15, 0.2) is 18.2 Å². The fraction of sp³-hybridized carbons (Fsp3) is 0.538. The molecule has 0 spiro atoms. The third-order valence-electron chi connectivity index (χ3n) is 3.81. The Hall–Kier alpha value is -1.00. The molecule has 0 aromatic heterocycles. The SMILES string of the molecule is NCC1(c2ccc(F)cc2F)CCC(O)CC1. The first kappa shape index (κ1) is 12.5. The molecule has 0 unspecified atom stereocenters. The fourth-order valence-corrected chi connectivity index (χ4v) is 2.66. The number of rotatable bonds is 2. The summed E-state index contributed by atoms with van der Waals surface area (Å²) in [4.78, 5) is 0. The number of aliphatic hydroxyl groups is 1. The average Bonchev–Trinajstić information content (AvgIpc) is 2.31. The van der Waals surface area contributed by atoms with Crippen LogP contribution in [0.1, 0.15) is 31.2 Å². The first-order valence-corrected chi connectivity index (χ1v) is 5.91. The van der Waals surface area contributed by atoms with Gasteiger partial charge in [-0.1, -0.05) is 6.07 Å². The smallest absolute Gasteiger partial charge is 0.129 e. The molecule has 4 heteroatoms. The number of nitrogens with two attached hydrogens (primary N) is 1. The van der Waals surface area contributed by atoms with Crippen LogP contribution in [0.5, 0.6) is 0 Å². The highest BCUT2D eigenvalue weighted by molar-refractivity contribution is 5.29. The van der Waals surface area contributed by atoms with Gasteiger partial charge in [0.15, 0.2) is 0 Å². The van der Waals surface area contributed by atoms with Crippen molar-refractivity contribution in [2.75, 3.05) is 6.54 Å². The van der Waals surface area contributed by atoms with Gasteiger partial charge in [0.2, 0.25) is 0 Å². The molecule has 0 aliphatic heterocycles. The summed E-state index contributed by atoms with van der Waals surface area (Å²) in [7, 11) is 0. The topological polar surface area (TPSA) is 46.2 Å². The highest BCUT2D eigenvalue weighted by Gasteiger charge is 2.37. The van der Waals surface area contributed by atoms with Gasteiger partial charge in [-0.3, -0.25) is 0 Å². The second-order valence-electron chi connectivity index (χ2n) is 4.84. The summed E-state index contributed by atoms with van der Waals surface area (Å²) < 4.78 is 26.7. The van der Waals surface area contributed by atoms with Crippen molar-refractivity contribution in [1.29, 1.82) is 0 Å². The lowest BCUT2D eigenvalue weighted by Gasteiger charge is -2.38. The Balaban J connectivity index is 2.34. The zero-order valence-corrected chi connectivity index (χ0v) is 9.63. The Kier molecular flexibility index (Phi) is 3.45. The van der Waals surface area contributed by atoms with Crippen molar-refractivity contribution in [3.63, 3.8) is 0 Å². The van der Waals surface area contributed by atoms with E-state index in [1.807, 2.05) is 0 Å². The molecular formula is C13H17F2NO. The molecule has 1 aromatic carbocycles. The maximum Gasteiger partial charge on any atom is 0.129 e. The van der Waals surface area contributed by atoms with Crippen LogP contribution >= 0.6 is 0 Å². The molecule has 2 nitrogen and oxygen atoms in total. The van der Waals surface area contributed by atoms with Gasteiger partial charge in [-0.15, -0.1) is 0 Å². The Morgan fingerprint density at radius 3 is 2.47 bits per heavy atom. The second kappa shape index (κ2) is 4.70. The van der Waals surface area contributed by atoms with Crippen LogP contribution in [0.3, 0.4) is 0 Å². The highest BCUT2D eigenvalue weighted by Crippen LogP contribution is 2.39. The van der Waals surface area contributed by atoms with E-state index in [2.05, 4.69) is 0 Å². The number of hydrogen-bond acceptors (Lipinski definition) is 2. The Morgan fingerprint density at radius 1 is 1.29 bits per heavy atom. The minimum atomic E-state index is -0.575. The van der Waals surface area contributed by atoms with E-state index in [9.17, 15) is 13.9 Å². The molecule has 1 aromatic rings. The third kappa shape index (κ3) is 2.33. The molecule has 17 heavy (non-hydrogen) atoms. The fourth-order valence-electron chi connectivity index (χ4n) is 2.66. The van der Waals surface area contributed by atoms with E-state index in [1.54, 1.807) is 0 Å². The Labute approximate surface area is 99.4 Å². The summed E-state index contributed by atoms with van der Waals surface area (Å²) in [6, 6.07) is 3.65. The van der Waals surface area contributed by atoms with E-state index >= 15 is 0 Å². The zero-order chi connectivity index (χ0) is 12.5. The van der Waals surface area contributed by atoms with E-state index in [-0.39, 0.29) is 6.10 Å². The lowest BCUT2D eigenvalue weighted by Crippen LogP contribution is -2.40. The van der Waals surface area contributed by atoms with Gasteiger partial charge in [0.05, 0.1) is 6.10 Å². The average molecular weight is 241 g/mol. The molecule has 0 atom stereocenters. The monoisotopic (exact) mass is 241 g/mol. The first-order chi connectivity index (χ1) is 8.07. The van der Waals surface area contributed by atoms with Gasteiger partial charge < -0.3 is 10.8 Å². The summed E-state index contributed by atoms with van der Waals surface area (Å²) >= 11 is 0. The molecule has 0 bridgehead atoms. The van der Waals surface area contributed by atoms with Gasteiger partial charge in [-0.25, -0.2) is 8.78 Å². The minimum Gasteiger partial charge on any atom is -0.393 e. The molecular weight excluding hydrogens is 224 g/mol. The van der Waals surface area contributed by atoms with Crippen molar-refractivity contribution in [2.24, 2.45) is 5.73 Å². The van der Waals surface area contributed by atoms with Crippen molar-refractivity contribution in [1.82, 2.24) is 0 Å². The molecule has 3 N–H and O–H groups in total. The molecule has 2 rings (SSSR count). The molecule has 1 aliphatic rings. The van der Waals surface area contributed by atoms with Crippen molar-refractivity contribution >= 4 is 0 Å². The second-order valence-corrected chi connectivity index (χ2v) is 4.84. The Bertz CT molecular complexity index is 400. The molecule has 0 radical (unpaired) electrons. The van der Waals surface area contributed by atoms with Crippen molar-refractivity contribution < 1.29 is 13.9 Å². The van der Waals surface area contributed by atoms with Gasteiger partial charge in [-0.2, -0.15) is 0 Å². The van der Waals surface area contributed by atoms with Crippen LogP contribution in [0.2, 0.25) is 0 Å². The van der Waals surface area contributed by atoms with Crippen molar-refractivity contribution in [3.05, 3.63) is 35.4 Å². The zero-order valence-electron chi connectivity index (χ0n) is 9.63. The molecule has 0 heterocycles. The van der Waals surface area contributed by atoms with Crippen molar-refractivity contribution in [3.8, 4) is 0 Å². The lowest BCUT2D eigenvalue weighted by molar-refractivity contribution is 0.0962. The maximum atomic E-state index is 13.8. The molecule has 94 valence electrons. The molecule has 0 amide bonds. The number of halogens is 2. The van der Waals surface area contributed by atoms with E-state index in [0.717, 1.165) is 6.07 Å². The summed E-state index contributed by atoms with van der Waals surface area (Å²) in [5.74, 6) is -1.11. The maximum absolute atomic E-state index is 13.8. The molecule has 1 saturated carbocycles. The van der Waals surface area contributed by atoms with Gasteiger partial charge in [0.1, 0.15) is 11.6 Å². The van der Waals surface area contributed by atoms with Crippen LogP contribution in [-0.2, 0) is 5.41 Å². The van der Waals surface area contributed by atoms with Crippen LogP contribution < -0.4 is 5.73 Å². The van der Waals surface area contributed by atoms with Crippen molar-refractivity contribution in [2.45, 2.75) is 37.2 Å². The molecule has 0 saturated heterocycles. The molecule has 1 fully saturated rings. The van der Waals surface area contributed by atoms with Crippen LogP contribution in [0.25, 0.3) is 0 Å². The first-order valence-electron chi connectivity index (χ1n) is 5.91. The normalized spacial score (nSPS) is 29.3. The lowest BCUT2D eigenvalue weighted by atomic mass is 9.68. The number of benzene rings is 1. The minimum absolute atomic E-state index is 0.321. The van der Waals surface area contributed by atoms with Gasteiger partial charge in [0, 0.05) is 18.0 Å². The van der Waals surface area contributed by atoms with Crippen LogP contribution in [0, 0.1) is 11.6 Å². The standard InChI is InChI=1S/C13H17F2NO/c14-9-1-2-11(12(15)7-9)13(8-16)5-3-10(17)4-6-13/h1-2,7,10,17H,3-6,8,16H2. The summed E-state index contributed by atoms with van der Waals surface area (Å²) in [6.45, 7) is 0.322. The van der Waals surface area contributed by atoms with Gasteiger partial charge in [0.25, 0.3) is 0 Å². The van der Waals surface area contributed by atoms with Gasteiger partial charge in [-0.05, 0) is 37.3 Å². The summed E-state index contributed by atoms with van der Waals surface area (Å²) in [5, 5.41) is 9.50. The quantitative estimate of drug-likeness (QED) is 0.833. The van der Waals surface area contributed by atoms with Crippen LogP contribution in [-0.4, -0.2) is 17.8 Å². The largest absolute Gasteiger partial charge is 0.393 e. The predicted molar refractivity (Wildman–Crippen MR) is 61.6 cm³/mol. The van der Waals surface area contributed by atoms with E-state index in [4.69, 9.17) is 5.73 Å². The van der Waals surface area contributed by atoms with E-state index < -0.39 is 17.0 Å².